The quantitative estimate of drug-likeness (QED) is 0.781. The van der Waals surface area contributed by atoms with Gasteiger partial charge in [-0.2, -0.15) is 14.7 Å². The first-order valence-electron chi connectivity index (χ1n) is 6.55. The first kappa shape index (κ1) is 14.6. The molecule has 0 radical (unpaired) electrons. The lowest BCUT2D eigenvalue weighted by atomic mass is 10.3. The van der Waals surface area contributed by atoms with Gasteiger partial charge in [0.1, 0.15) is 16.6 Å². The van der Waals surface area contributed by atoms with Crippen molar-refractivity contribution in [2.45, 2.75) is 13.8 Å². The Morgan fingerprint density at radius 1 is 1.27 bits per heavy atom. The van der Waals surface area contributed by atoms with Crippen molar-refractivity contribution in [1.82, 2.24) is 14.2 Å². The van der Waals surface area contributed by atoms with E-state index in [2.05, 4.69) is 20.9 Å². The topological polar surface area (TPSA) is 66.5 Å². The van der Waals surface area contributed by atoms with Crippen LogP contribution >= 0.6 is 23.1 Å². The third-order valence-electron chi connectivity index (χ3n) is 3.29. The fourth-order valence-electron chi connectivity index (χ4n) is 2.21. The third kappa shape index (κ3) is 2.45. The molecule has 22 heavy (non-hydrogen) atoms. The summed E-state index contributed by atoms with van der Waals surface area (Å²) in [5, 5.41) is 17.8. The summed E-state index contributed by atoms with van der Waals surface area (Å²) in [6.45, 7) is 3.90. The maximum absolute atomic E-state index is 9.16. The van der Waals surface area contributed by atoms with Gasteiger partial charge in [0, 0.05) is 0 Å². The van der Waals surface area contributed by atoms with Crippen molar-refractivity contribution in [3.8, 4) is 11.8 Å². The Morgan fingerprint density at radius 3 is 2.68 bits per heavy atom. The van der Waals surface area contributed by atoms with Crippen LogP contribution in [0.4, 0.5) is 10.7 Å². The normalized spacial score (nSPS) is 10.5. The number of halogens is 1. The molecule has 3 rings (SSSR count). The molecule has 0 atom stereocenters. The molecular formula is C15H12ClN5S. The van der Waals surface area contributed by atoms with E-state index in [1.54, 1.807) is 0 Å². The number of nitrogens with one attached hydrogen (secondary N) is 1. The summed E-state index contributed by atoms with van der Waals surface area (Å²) in [7, 11) is 0. The van der Waals surface area contributed by atoms with Crippen LogP contribution in [-0.4, -0.2) is 14.2 Å². The van der Waals surface area contributed by atoms with Crippen molar-refractivity contribution >= 4 is 33.8 Å². The third-order valence-corrected chi connectivity index (χ3v) is 4.43. The second-order valence-electron chi connectivity index (χ2n) is 4.71. The Kier molecular flexibility index (Phi) is 3.84. The maximum atomic E-state index is 9.16. The first-order chi connectivity index (χ1) is 10.6. The SMILES string of the molecule is Cc1nn(-c2ccccc2)c(C)c1Nc1snc(Cl)c1C#N. The summed E-state index contributed by atoms with van der Waals surface area (Å²) >= 11 is 7.07. The summed E-state index contributed by atoms with van der Waals surface area (Å²) in [6.07, 6.45) is 0. The average molecular weight is 330 g/mol. The van der Waals surface area contributed by atoms with E-state index in [-0.39, 0.29) is 5.15 Å². The first-order valence-corrected chi connectivity index (χ1v) is 7.71. The van der Waals surface area contributed by atoms with Crippen molar-refractivity contribution in [3.63, 3.8) is 0 Å². The van der Waals surface area contributed by atoms with Gasteiger partial charge in [0.05, 0.1) is 22.8 Å². The molecule has 0 aliphatic carbocycles. The molecule has 0 fully saturated rings. The minimum atomic E-state index is 0.223. The van der Waals surface area contributed by atoms with E-state index >= 15 is 0 Å². The highest BCUT2D eigenvalue weighted by Crippen LogP contribution is 2.33. The van der Waals surface area contributed by atoms with E-state index in [4.69, 9.17) is 16.9 Å². The molecule has 1 N–H and O–H groups in total. The summed E-state index contributed by atoms with van der Waals surface area (Å²) < 4.78 is 5.87. The van der Waals surface area contributed by atoms with E-state index in [1.165, 1.54) is 11.5 Å². The molecule has 0 aliphatic rings. The van der Waals surface area contributed by atoms with Crippen LogP contribution in [0.1, 0.15) is 17.0 Å². The summed E-state index contributed by atoms with van der Waals surface area (Å²) in [5.41, 5.74) is 4.00. The molecule has 0 amide bonds. The molecule has 2 heterocycles. The predicted molar refractivity (Wildman–Crippen MR) is 88.2 cm³/mol. The van der Waals surface area contributed by atoms with Gasteiger partial charge in [-0.15, -0.1) is 0 Å². The molecule has 0 saturated heterocycles. The number of para-hydroxylation sites is 1. The van der Waals surface area contributed by atoms with Gasteiger partial charge < -0.3 is 5.32 Å². The van der Waals surface area contributed by atoms with Gasteiger partial charge in [0.2, 0.25) is 0 Å². The molecule has 2 aromatic heterocycles. The second kappa shape index (κ2) is 5.79. The highest BCUT2D eigenvalue weighted by molar-refractivity contribution is 7.11. The van der Waals surface area contributed by atoms with Crippen LogP contribution in [0.25, 0.3) is 5.69 Å². The van der Waals surface area contributed by atoms with Crippen molar-refractivity contribution in [2.75, 3.05) is 5.32 Å². The second-order valence-corrected chi connectivity index (χ2v) is 5.84. The lowest BCUT2D eigenvalue weighted by Gasteiger charge is -2.06. The van der Waals surface area contributed by atoms with Crippen LogP contribution in [0.5, 0.6) is 0 Å². The molecule has 0 spiro atoms. The van der Waals surface area contributed by atoms with Gasteiger partial charge >= 0.3 is 0 Å². The number of nitriles is 1. The van der Waals surface area contributed by atoms with Gasteiger partial charge in [-0.1, -0.05) is 29.8 Å². The zero-order chi connectivity index (χ0) is 15.7. The Labute approximate surface area is 136 Å². The number of nitrogens with zero attached hydrogens (tertiary/aromatic N) is 4. The molecule has 1 aromatic carbocycles. The Morgan fingerprint density at radius 2 is 2.00 bits per heavy atom. The number of aromatic nitrogens is 3. The summed E-state index contributed by atoms with van der Waals surface area (Å²) in [4.78, 5) is 0. The Balaban J connectivity index is 2.02. The minimum absolute atomic E-state index is 0.223. The van der Waals surface area contributed by atoms with Gasteiger partial charge in [-0.25, -0.2) is 4.68 Å². The number of hydrogen-bond acceptors (Lipinski definition) is 5. The Bertz CT molecular complexity index is 860. The average Bonchev–Trinajstić information content (AvgIpc) is 3.02. The molecule has 110 valence electrons. The fourth-order valence-corrected chi connectivity index (χ4v) is 3.15. The highest BCUT2D eigenvalue weighted by Gasteiger charge is 2.17. The number of anilines is 2. The van der Waals surface area contributed by atoms with Crippen LogP contribution in [0.3, 0.4) is 0 Å². The van der Waals surface area contributed by atoms with Gasteiger partial charge in [0.25, 0.3) is 0 Å². The van der Waals surface area contributed by atoms with E-state index in [0.29, 0.717) is 10.6 Å². The van der Waals surface area contributed by atoms with E-state index in [0.717, 1.165) is 22.8 Å². The van der Waals surface area contributed by atoms with Gasteiger partial charge in [-0.05, 0) is 37.5 Å². The van der Waals surface area contributed by atoms with Crippen LogP contribution in [0, 0.1) is 25.2 Å². The molecule has 0 bridgehead atoms. The molecule has 7 heteroatoms. The van der Waals surface area contributed by atoms with E-state index < -0.39 is 0 Å². The van der Waals surface area contributed by atoms with Crippen LogP contribution < -0.4 is 5.32 Å². The number of benzene rings is 1. The van der Waals surface area contributed by atoms with Crippen LogP contribution in [-0.2, 0) is 0 Å². The molecule has 0 aliphatic heterocycles. The Hall–Kier alpha value is -2.36. The zero-order valence-electron chi connectivity index (χ0n) is 12.0. The molecule has 3 aromatic rings. The van der Waals surface area contributed by atoms with E-state index in [9.17, 15) is 0 Å². The molecule has 0 unspecified atom stereocenters. The standard InChI is InChI=1S/C15H12ClN5S/c1-9-13(18-15-12(8-17)14(16)20-22-15)10(2)21(19-9)11-6-4-3-5-7-11/h3-7,18H,1-2H3. The summed E-state index contributed by atoms with van der Waals surface area (Å²) in [6, 6.07) is 12.0. The van der Waals surface area contributed by atoms with Crippen LogP contribution in [0.2, 0.25) is 5.15 Å². The number of rotatable bonds is 3. The number of aryl methyl sites for hydroxylation is 1. The molecule has 0 saturated carbocycles. The number of hydrogen-bond donors (Lipinski definition) is 1. The van der Waals surface area contributed by atoms with Crippen molar-refractivity contribution < 1.29 is 0 Å². The largest absolute Gasteiger partial charge is 0.342 e. The predicted octanol–water partition coefficient (Wildman–Crippen LogP) is 4.21. The van der Waals surface area contributed by atoms with Crippen molar-refractivity contribution in [2.24, 2.45) is 0 Å². The van der Waals surface area contributed by atoms with Gasteiger partial charge in [0.15, 0.2) is 5.15 Å². The van der Waals surface area contributed by atoms with Crippen molar-refractivity contribution in [1.29, 1.82) is 5.26 Å². The lowest BCUT2D eigenvalue weighted by Crippen LogP contribution is -1.99. The maximum Gasteiger partial charge on any atom is 0.162 e. The van der Waals surface area contributed by atoms with Crippen molar-refractivity contribution in [3.05, 3.63) is 52.4 Å². The minimum Gasteiger partial charge on any atom is -0.342 e. The van der Waals surface area contributed by atoms with E-state index in [1.807, 2.05) is 48.9 Å². The van der Waals surface area contributed by atoms with Crippen LogP contribution in [0.15, 0.2) is 30.3 Å². The smallest absolute Gasteiger partial charge is 0.162 e. The monoisotopic (exact) mass is 329 g/mol. The summed E-state index contributed by atoms with van der Waals surface area (Å²) in [5.74, 6) is 0. The molecular weight excluding hydrogens is 318 g/mol. The highest BCUT2D eigenvalue weighted by atomic mass is 35.5. The fraction of sp³-hybridized carbons (Fsp3) is 0.133. The zero-order valence-corrected chi connectivity index (χ0v) is 13.5. The lowest BCUT2D eigenvalue weighted by molar-refractivity contribution is 0.834. The van der Waals surface area contributed by atoms with Gasteiger partial charge in [-0.3, -0.25) is 0 Å². The molecule has 5 nitrogen and oxygen atoms in total.